The van der Waals surface area contributed by atoms with Crippen molar-refractivity contribution in [1.29, 1.82) is 0 Å². The van der Waals surface area contributed by atoms with E-state index in [9.17, 15) is 49.3 Å². The third-order valence-corrected chi connectivity index (χ3v) is 19.3. The van der Waals surface area contributed by atoms with E-state index >= 15 is 0 Å². The zero-order chi connectivity index (χ0) is 48.6. The number of hydrogen-bond acceptors (Lipinski definition) is 19. The number of aliphatic hydroxyl groups is 8. The minimum atomic E-state index is -5.01. The molecular weight excluding hydrogens is 905 g/mol. The summed E-state index contributed by atoms with van der Waals surface area (Å²) in [4.78, 5) is 0. The summed E-state index contributed by atoms with van der Waals surface area (Å²) < 4.78 is 86.5. The molecule has 9 aliphatic rings. The van der Waals surface area contributed by atoms with Crippen LogP contribution in [0.3, 0.4) is 0 Å². The van der Waals surface area contributed by atoms with E-state index in [4.69, 9.17) is 42.4 Å². The molecule has 2 spiro atoms. The second-order valence-electron chi connectivity index (χ2n) is 23.0. The summed E-state index contributed by atoms with van der Waals surface area (Å²) in [6.45, 7) is 14.6. The van der Waals surface area contributed by atoms with Crippen molar-refractivity contribution in [1.82, 2.24) is 0 Å². The van der Waals surface area contributed by atoms with E-state index in [0.29, 0.717) is 25.6 Å². The van der Waals surface area contributed by atoms with Gasteiger partial charge in [-0.2, -0.15) is 8.42 Å². The quantitative estimate of drug-likeness (QED) is 0.0808. The van der Waals surface area contributed by atoms with Gasteiger partial charge in [0.1, 0.15) is 61.0 Å². The Morgan fingerprint density at radius 3 is 2.09 bits per heavy atom. The molecule has 4 saturated carbocycles. The van der Waals surface area contributed by atoms with Crippen LogP contribution >= 0.6 is 0 Å². The maximum absolute atomic E-state index is 12.4. The Labute approximate surface area is 392 Å². The average Bonchev–Trinajstić information content (AvgIpc) is 3.78. The maximum atomic E-state index is 12.4. The molecule has 0 amide bonds. The van der Waals surface area contributed by atoms with Crippen LogP contribution in [-0.2, 0) is 52.5 Å². The number of allylic oxidation sites excluding steroid dienone is 1. The highest BCUT2D eigenvalue weighted by atomic mass is 32.3. The van der Waals surface area contributed by atoms with Crippen LogP contribution in [0.15, 0.2) is 11.6 Å². The molecule has 67 heavy (non-hydrogen) atoms. The standard InChI is InChI=1S/C46H74O20S/c1-21(2)14-22-15-60-46-19-45(20-61-46)23(37(46)44(22,7)54)8-9-28-42(5)12-11-29(41(3,4)27(42)10-13-43(28,45)6)64-40-36(66-38-33(52)30(49)24(47)16-58-38)35(25(48)17-59-40)65-39-34(53)32(51)31(50)26(63-39)18-62-67(55,56)57/h14,22-40,47-54H,8-13,15-20H2,1-7H3,(H,55,56,57)/t22-,23+,24+,25-,26+,27-,28+,29+,30-,31+,32-,33-,34+,35-,36+,37-,38-,39+,40-,42+,43-,44-,45+,46-/m0/s1. The zero-order valence-electron chi connectivity index (χ0n) is 39.5. The highest BCUT2D eigenvalue weighted by Crippen LogP contribution is 2.80. The predicted octanol–water partition coefficient (Wildman–Crippen LogP) is 0.290. The highest BCUT2D eigenvalue weighted by molar-refractivity contribution is 7.80. The molecule has 20 nitrogen and oxygen atoms in total. The van der Waals surface area contributed by atoms with Gasteiger partial charge in [0, 0.05) is 23.7 Å². The third-order valence-electron chi connectivity index (χ3n) is 18.8. The molecule has 24 atom stereocenters. The lowest BCUT2D eigenvalue weighted by atomic mass is 9.35. The Balaban J connectivity index is 0.965. The molecule has 5 saturated heterocycles. The fraction of sp³-hybridized carbons (Fsp3) is 0.957. The van der Waals surface area contributed by atoms with Gasteiger partial charge in [-0.05, 0) is 93.3 Å². The van der Waals surface area contributed by atoms with Crippen LogP contribution in [0.4, 0.5) is 0 Å². The van der Waals surface area contributed by atoms with Crippen molar-refractivity contribution in [2.75, 3.05) is 33.0 Å². The molecule has 2 bridgehead atoms. The second-order valence-corrected chi connectivity index (χ2v) is 24.1. The molecule has 384 valence electrons. The van der Waals surface area contributed by atoms with Gasteiger partial charge in [-0.25, -0.2) is 4.18 Å². The Bertz CT molecular complexity index is 1970. The van der Waals surface area contributed by atoms with Gasteiger partial charge in [-0.1, -0.05) is 39.3 Å². The fourth-order valence-corrected chi connectivity index (χ4v) is 15.9. The van der Waals surface area contributed by atoms with Crippen LogP contribution in [0.1, 0.15) is 93.4 Å². The van der Waals surface area contributed by atoms with Crippen molar-refractivity contribution in [3.8, 4) is 0 Å². The van der Waals surface area contributed by atoms with E-state index in [1.165, 1.54) is 0 Å². The Morgan fingerprint density at radius 1 is 0.716 bits per heavy atom. The second kappa shape index (κ2) is 17.6. The van der Waals surface area contributed by atoms with E-state index in [0.717, 1.165) is 44.1 Å². The molecule has 0 radical (unpaired) electrons. The molecule has 0 aromatic rings. The number of rotatable bonds is 10. The predicted molar refractivity (Wildman–Crippen MR) is 229 cm³/mol. The molecular formula is C46H74O20S. The third kappa shape index (κ3) is 8.13. The SMILES string of the molecule is CC(C)=C[C@H]1CO[C@@]23C[C@@]4(CO2)[C@H](CC[C@@H]2[C@]5(C)CC[C@@H](O[C@@H]6OC[C@H](O)[C@H](O[C@H]7O[C@H](COS(=O)(=O)O)[C@@H](O)[C@H](O)[C@H]7O)[C@H]6O[C@@H]6OC[C@@H](O)[C@H](O)[C@@H]6O)C(C)(C)[C@@H]5CC[C@@]24C)[C@H]3[C@@]1(C)O. The molecule has 0 aromatic carbocycles. The normalized spacial score (nSPS) is 54.9. The zero-order valence-corrected chi connectivity index (χ0v) is 40.3. The van der Waals surface area contributed by atoms with Crippen LogP contribution < -0.4 is 0 Å². The fourth-order valence-electron chi connectivity index (χ4n) is 15.6. The van der Waals surface area contributed by atoms with Crippen molar-refractivity contribution >= 4 is 10.4 Å². The van der Waals surface area contributed by atoms with Gasteiger partial charge in [0.15, 0.2) is 24.7 Å². The summed E-state index contributed by atoms with van der Waals surface area (Å²) in [6.07, 6.45) is -14.1. The van der Waals surface area contributed by atoms with Crippen LogP contribution in [0.25, 0.3) is 0 Å². The Morgan fingerprint density at radius 2 is 1.39 bits per heavy atom. The molecule has 9 rings (SSSR count). The van der Waals surface area contributed by atoms with Gasteiger partial charge >= 0.3 is 10.4 Å². The van der Waals surface area contributed by atoms with Crippen molar-refractivity contribution in [3.63, 3.8) is 0 Å². The molecule has 5 heterocycles. The molecule has 5 aliphatic heterocycles. The number of fused-ring (bicyclic) bond motifs is 4. The van der Waals surface area contributed by atoms with Crippen LogP contribution in [-0.4, -0.2) is 184 Å². The van der Waals surface area contributed by atoms with Crippen molar-refractivity contribution in [3.05, 3.63) is 11.6 Å². The number of aliphatic hydroxyl groups excluding tert-OH is 7. The van der Waals surface area contributed by atoms with E-state index < -0.39 is 126 Å². The largest absolute Gasteiger partial charge is 0.397 e. The van der Waals surface area contributed by atoms with Crippen molar-refractivity contribution in [2.24, 2.45) is 51.2 Å². The number of ether oxygens (including phenoxy) is 8. The molecule has 0 unspecified atom stereocenters. The Kier molecular flexibility index (Phi) is 13.4. The maximum Gasteiger partial charge on any atom is 0.397 e. The lowest BCUT2D eigenvalue weighted by Gasteiger charge is -2.70. The minimum absolute atomic E-state index is 0.102. The topological polar surface area (TPSA) is 299 Å². The summed E-state index contributed by atoms with van der Waals surface area (Å²) in [5.41, 5.74) is -0.719. The van der Waals surface area contributed by atoms with Gasteiger partial charge in [0.25, 0.3) is 0 Å². The summed E-state index contributed by atoms with van der Waals surface area (Å²) in [5.74, 6) is -0.350. The average molecular weight is 979 g/mol. The summed E-state index contributed by atoms with van der Waals surface area (Å²) in [5, 5.41) is 88.0. The molecule has 21 heteroatoms. The number of hydrogen-bond donors (Lipinski definition) is 9. The summed E-state index contributed by atoms with van der Waals surface area (Å²) in [6, 6.07) is 0. The molecule has 9 N–H and O–H groups in total. The minimum Gasteiger partial charge on any atom is -0.389 e. The molecule has 4 aliphatic carbocycles. The first-order valence-corrected chi connectivity index (χ1v) is 25.5. The first kappa shape index (κ1) is 50.9. The van der Waals surface area contributed by atoms with E-state index in [1.807, 2.05) is 6.92 Å². The van der Waals surface area contributed by atoms with Gasteiger partial charge in [-0.15, -0.1) is 0 Å². The lowest BCUT2D eigenvalue weighted by molar-refractivity contribution is -0.384. The summed E-state index contributed by atoms with van der Waals surface area (Å²) >= 11 is 0. The highest BCUT2D eigenvalue weighted by Gasteiger charge is 2.81. The van der Waals surface area contributed by atoms with Gasteiger partial charge < -0.3 is 78.7 Å². The van der Waals surface area contributed by atoms with Gasteiger partial charge in [0.05, 0.1) is 44.7 Å². The van der Waals surface area contributed by atoms with Gasteiger partial charge in [-0.3, -0.25) is 4.55 Å². The first-order chi connectivity index (χ1) is 31.2. The van der Waals surface area contributed by atoms with E-state index in [2.05, 4.69) is 51.8 Å². The smallest absolute Gasteiger partial charge is 0.389 e. The molecule has 9 fully saturated rings. The van der Waals surface area contributed by atoms with Crippen molar-refractivity contribution < 1.29 is 95.9 Å². The van der Waals surface area contributed by atoms with Crippen molar-refractivity contribution in [2.45, 2.75) is 191 Å². The van der Waals surface area contributed by atoms with Gasteiger partial charge in [0.2, 0.25) is 0 Å². The van der Waals surface area contributed by atoms with Crippen LogP contribution in [0.2, 0.25) is 0 Å². The monoisotopic (exact) mass is 978 g/mol. The Hall–Kier alpha value is -1.03. The lowest BCUT2D eigenvalue weighted by Crippen LogP contribution is -2.68. The first-order valence-electron chi connectivity index (χ1n) is 24.1. The van der Waals surface area contributed by atoms with E-state index in [1.54, 1.807) is 0 Å². The van der Waals surface area contributed by atoms with Crippen LogP contribution in [0.5, 0.6) is 0 Å². The van der Waals surface area contributed by atoms with Crippen LogP contribution in [0, 0.1) is 51.2 Å². The summed E-state index contributed by atoms with van der Waals surface area (Å²) in [7, 11) is -5.01. The molecule has 0 aromatic heterocycles. The van der Waals surface area contributed by atoms with E-state index in [-0.39, 0.29) is 46.5 Å².